The molecule has 216 valence electrons. The van der Waals surface area contributed by atoms with Crippen LogP contribution in [0.1, 0.15) is 34.3 Å². The number of piperazine rings is 1. The molecule has 0 spiro atoms. The number of methoxy groups -OCH3 is 1. The number of rotatable bonds is 13. The Hall–Kier alpha value is -3.81. The Labute approximate surface area is 243 Å². The second kappa shape index (κ2) is 14.2. The molecule has 0 radical (unpaired) electrons. The van der Waals surface area contributed by atoms with Crippen LogP contribution in [-0.4, -0.2) is 73.3 Å². The van der Waals surface area contributed by atoms with Gasteiger partial charge in [0.15, 0.2) is 0 Å². The minimum atomic E-state index is -0.0597. The Balaban J connectivity index is 1.11. The fraction of sp³-hybridized carbons (Fsp3) is 0.382. The van der Waals surface area contributed by atoms with Crippen molar-refractivity contribution in [3.63, 3.8) is 0 Å². The summed E-state index contributed by atoms with van der Waals surface area (Å²) >= 11 is 0. The van der Waals surface area contributed by atoms with Crippen molar-refractivity contribution in [2.75, 3.05) is 53.0 Å². The maximum Gasteiger partial charge on any atom is 0.253 e. The summed E-state index contributed by atoms with van der Waals surface area (Å²) in [5.74, 6) is 1.68. The van der Waals surface area contributed by atoms with Gasteiger partial charge in [-0.25, -0.2) is 0 Å². The highest BCUT2D eigenvalue weighted by atomic mass is 16.5. The van der Waals surface area contributed by atoms with Crippen LogP contribution >= 0.6 is 0 Å². The molecule has 1 aliphatic rings. The predicted octanol–water partition coefficient (Wildman–Crippen LogP) is 5.37. The van der Waals surface area contributed by atoms with Gasteiger partial charge in [0.1, 0.15) is 11.5 Å². The third-order valence-corrected chi connectivity index (χ3v) is 8.00. The van der Waals surface area contributed by atoms with E-state index in [-0.39, 0.29) is 5.91 Å². The molecule has 1 N–H and O–H groups in total. The lowest BCUT2D eigenvalue weighted by atomic mass is 10.1. The summed E-state index contributed by atoms with van der Waals surface area (Å²) in [4.78, 5) is 18.4. The number of fused-ring (bicyclic) bond motifs is 1. The average molecular weight is 555 g/mol. The monoisotopic (exact) mass is 554 g/mol. The van der Waals surface area contributed by atoms with Crippen LogP contribution in [0.2, 0.25) is 0 Å². The minimum absolute atomic E-state index is 0.0597. The number of benzene rings is 3. The van der Waals surface area contributed by atoms with Crippen LogP contribution in [0, 0.1) is 6.92 Å². The Bertz CT molecular complexity index is 1410. The van der Waals surface area contributed by atoms with Gasteiger partial charge in [-0.2, -0.15) is 0 Å². The number of hydrogen-bond acceptors (Lipinski definition) is 5. The van der Waals surface area contributed by atoms with E-state index in [1.807, 2.05) is 66.9 Å². The number of aromatic nitrogens is 1. The van der Waals surface area contributed by atoms with Crippen molar-refractivity contribution < 1.29 is 14.3 Å². The molecule has 7 heteroatoms. The lowest BCUT2D eigenvalue weighted by molar-refractivity contribution is 0.0952. The molecule has 0 bridgehead atoms. The van der Waals surface area contributed by atoms with E-state index in [9.17, 15) is 4.79 Å². The maximum absolute atomic E-state index is 13.3. The maximum atomic E-state index is 13.3. The molecular formula is C34H42N4O3. The summed E-state index contributed by atoms with van der Waals surface area (Å²) in [6.07, 6.45) is 4.05. The Morgan fingerprint density at radius 2 is 1.54 bits per heavy atom. The Kier molecular flexibility index (Phi) is 9.94. The molecule has 1 amide bonds. The molecule has 1 aromatic heterocycles. The second-order valence-corrected chi connectivity index (χ2v) is 10.8. The first-order valence-corrected chi connectivity index (χ1v) is 14.7. The lowest BCUT2D eigenvalue weighted by Crippen LogP contribution is -2.47. The third-order valence-electron chi connectivity index (χ3n) is 8.00. The van der Waals surface area contributed by atoms with Gasteiger partial charge in [0.05, 0.1) is 24.8 Å². The van der Waals surface area contributed by atoms with Gasteiger partial charge in [0, 0.05) is 57.4 Å². The fourth-order valence-electron chi connectivity index (χ4n) is 5.62. The van der Waals surface area contributed by atoms with Crippen LogP contribution in [0.4, 0.5) is 0 Å². The predicted molar refractivity (Wildman–Crippen MR) is 165 cm³/mol. The number of ether oxygens (including phenoxy) is 2. The molecule has 3 aromatic carbocycles. The zero-order chi connectivity index (χ0) is 28.4. The van der Waals surface area contributed by atoms with Gasteiger partial charge < -0.3 is 29.2 Å². The summed E-state index contributed by atoms with van der Waals surface area (Å²) in [7, 11) is 1.69. The van der Waals surface area contributed by atoms with Crippen molar-refractivity contribution in [2.45, 2.75) is 32.9 Å². The lowest BCUT2D eigenvalue weighted by Gasteiger charge is -2.34. The molecule has 4 aromatic rings. The third kappa shape index (κ3) is 7.48. The molecule has 7 nitrogen and oxygen atoms in total. The number of hydrogen-bond donors (Lipinski definition) is 1. The van der Waals surface area contributed by atoms with E-state index in [1.54, 1.807) is 7.11 Å². The standard InChI is InChI=1S/C34H42N4O3/c1-27-11-6-7-12-28(27)25-35-34(39)31-26-38(33-30(31)15-8-16-32(33)40-2)19-9-17-36-20-22-37(23-21-36)18-10-24-41-29-13-4-3-5-14-29/h3-8,11-16,26H,9-10,17-25H2,1-2H3,(H,35,39). The van der Waals surface area contributed by atoms with Crippen molar-refractivity contribution in [3.05, 3.63) is 95.7 Å². The molecule has 0 unspecified atom stereocenters. The van der Waals surface area contributed by atoms with Gasteiger partial charge in [0.25, 0.3) is 5.91 Å². The number of nitrogens with one attached hydrogen (secondary N) is 1. The van der Waals surface area contributed by atoms with Crippen LogP contribution in [0.3, 0.4) is 0 Å². The average Bonchev–Trinajstić information content (AvgIpc) is 3.39. The fourth-order valence-corrected chi connectivity index (χ4v) is 5.62. The van der Waals surface area contributed by atoms with Crippen molar-refractivity contribution in [1.82, 2.24) is 19.7 Å². The van der Waals surface area contributed by atoms with Crippen molar-refractivity contribution in [1.29, 1.82) is 0 Å². The largest absolute Gasteiger partial charge is 0.495 e. The highest BCUT2D eigenvalue weighted by Gasteiger charge is 2.19. The smallest absolute Gasteiger partial charge is 0.253 e. The highest BCUT2D eigenvalue weighted by Crippen LogP contribution is 2.30. The topological polar surface area (TPSA) is 59.0 Å². The number of carbonyl (C=O) groups excluding carboxylic acids is 1. The molecule has 2 heterocycles. The highest BCUT2D eigenvalue weighted by molar-refractivity contribution is 6.08. The van der Waals surface area contributed by atoms with E-state index in [0.29, 0.717) is 12.1 Å². The number of aryl methyl sites for hydroxylation is 2. The van der Waals surface area contributed by atoms with Gasteiger partial charge in [0.2, 0.25) is 0 Å². The molecule has 5 rings (SSSR count). The SMILES string of the molecule is COc1cccc2c(C(=O)NCc3ccccc3C)cn(CCCN3CCN(CCCOc4ccccc4)CC3)c12. The summed E-state index contributed by atoms with van der Waals surface area (Å²) in [5.41, 5.74) is 3.98. The first kappa shape index (κ1) is 28.7. The first-order valence-electron chi connectivity index (χ1n) is 14.7. The molecule has 0 saturated carbocycles. The van der Waals surface area contributed by atoms with E-state index in [1.165, 1.54) is 5.56 Å². The van der Waals surface area contributed by atoms with Gasteiger partial charge in [-0.05, 0) is 55.6 Å². The van der Waals surface area contributed by atoms with E-state index < -0.39 is 0 Å². The van der Waals surface area contributed by atoms with Crippen LogP contribution in [0.5, 0.6) is 11.5 Å². The van der Waals surface area contributed by atoms with Crippen LogP contribution in [0.15, 0.2) is 79.0 Å². The number of amides is 1. The zero-order valence-electron chi connectivity index (χ0n) is 24.4. The molecular weight excluding hydrogens is 512 g/mol. The molecule has 1 aliphatic heterocycles. The van der Waals surface area contributed by atoms with Gasteiger partial charge in [-0.1, -0.05) is 54.6 Å². The van der Waals surface area contributed by atoms with Crippen LogP contribution in [0.25, 0.3) is 10.9 Å². The van der Waals surface area contributed by atoms with Gasteiger partial charge in [-0.15, -0.1) is 0 Å². The summed E-state index contributed by atoms with van der Waals surface area (Å²) < 4.78 is 13.7. The molecule has 1 fully saturated rings. The van der Waals surface area contributed by atoms with Crippen molar-refractivity contribution in [2.24, 2.45) is 0 Å². The Morgan fingerprint density at radius 1 is 0.829 bits per heavy atom. The summed E-state index contributed by atoms with van der Waals surface area (Å²) in [6.45, 7) is 10.6. The van der Waals surface area contributed by atoms with E-state index >= 15 is 0 Å². The first-order chi connectivity index (χ1) is 20.1. The minimum Gasteiger partial charge on any atom is -0.495 e. The van der Waals surface area contributed by atoms with Crippen molar-refractivity contribution >= 4 is 16.8 Å². The quantitative estimate of drug-likeness (QED) is 0.225. The zero-order valence-corrected chi connectivity index (χ0v) is 24.4. The van der Waals surface area contributed by atoms with Crippen molar-refractivity contribution in [3.8, 4) is 11.5 Å². The molecule has 0 aliphatic carbocycles. The second-order valence-electron chi connectivity index (χ2n) is 10.8. The van der Waals surface area contributed by atoms with Crippen LogP contribution < -0.4 is 14.8 Å². The molecule has 41 heavy (non-hydrogen) atoms. The number of para-hydroxylation sites is 2. The molecule has 0 atom stereocenters. The number of nitrogens with zero attached hydrogens (tertiary/aromatic N) is 3. The van der Waals surface area contributed by atoms with Crippen LogP contribution in [-0.2, 0) is 13.1 Å². The Morgan fingerprint density at radius 3 is 2.27 bits per heavy atom. The van der Waals surface area contributed by atoms with E-state index in [2.05, 4.69) is 38.7 Å². The normalized spacial score (nSPS) is 14.3. The summed E-state index contributed by atoms with van der Waals surface area (Å²) in [5, 5.41) is 4.05. The van der Waals surface area contributed by atoms with Gasteiger partial charge >= 0.3 is 0 Å². The van der Waals surface area contributed by atoms with Gasteiger partial charge in [-0.3, -0.25) is 4.79 Å². The summed E-state index contributed by atoms with van der Waals surface area (Å²) in [6, 6.07) is 24.1. The van der Waals surface area contributed by atoms with E-state index in [0.717, 1.165) is 93.2 Å². The van der Waals surface area contributed by atoms with E-state index in [4.69, 9.17) is 9.47 Å². The number of carbonyl (C=O) groups is 1. The molecule has 1 saturated heterocycles.